The highest BCUT2D eigenvalue weighted by Crippen LogP contribution is 2.41. The molecule has 0 aromatic rings. The zero-order valence-electron chi connectivity index (χ0n) is 6.88. The van der Waals surface area contributed by atoms with Crippen LogP contribution in [-0.4, -0.2) is 34.1 Å². The van der Waals surface area contributed by atoms with E-state index >= 15 is 0 Å². The molecule has 0 aromatic carbocycles. The van der Waals surface area contributed by atoms with Gasteiger partial charge in [-0.15, -0.1) is 0 Å². The fraction of sp³-hybridized carbons (Fsp3) is 1.00. The number of aliphatic hydroxyl groups excluding tert-OH is 1. The summed E-state index contributed by atoms with van der Waals surface area (Å²) in [5.41, 5.74) is 2.38. The van der Waals surface area contributed by atoms with Crippen LogP contribution in [0.5, 0.6) is 0 Å². The zero-order valence-corrected chi connectivity index (χ0v) is 6.88. The van der Waals surface area contributed by atoms with Crippen LogP contribution < -0.4 is 5.73 Å². The van der Waals surface area contributed by atoms with Crippen molar-refractivity contribution in [1.29, 1.82) is 0 Å². The van der Waals surface area contributed by atoms with Crippen molar-refractivity contribution >= 4 is 0 Å². The van der Waals surface area contributed by atoms with Gasteiger partial charge in [-0.2, -0.15) is 13.2 Å². The fourth-order valence-electron chi connectivity index (χ4n) is 1.50. The SMILES string of the molecule is NC1CCC(O)(C(F)(F)F)C(O)C1. The van der Waals surface area contributed by atoms with Gasteiger partial charge in [0.05, 0.1) is 6.10 Å². The molecular weight excluding hydrogens is 187 g/mol. The third-order valence-electron chi connectivity index (χ3n) is 2.46. The van der Waals surface area contributed by atoms with Gasteiger partial charge in [0.15, 0.2) is 5.60 Å². The summed E-state index contributed by atoms with van der Waals surface area (Å²) in [6.45, 7) is 0. The van der Waals surface area contributed by atoms with Crippen molar-refractivity contribution in [2.24, 2.45) is 5.73 Å². The number of aliphatic hydroxyl groups is 2. The first kappa shape index (κ1) is 10.7. The Balaban J connectivity index is 2.79. The Morgan fingerprint density at radius 2 is 1.92 bits per heavy atom. The molecule has 1 saturated carbocycles. The third-order valence-corrected chi connectivity index (χ3v) is 2.46. The molecule has 4 N–H and O–H groups in total. The standard InChI is InChI=1S/C7H12F3NO2/c8-7(9,10)6(13)2-1-4(11)3-5(6)12/h4-5,12-13H,1-3,11H2. The Morgan fingerprint density at radius 1 is 1.38 bits per heavy atom. The number of alkyl halides is 3. The molecule has 6 heteroatoms. The highest BCUT2D eigenvalue weighted by atomic mass is 19.4. The summed E-state index contributed by atoms with van der Waals surface area (Å²) in [4.78, 5) is 0. The molecule has 3 atom stereocenters. The van der Waals surface area contributed by atoms with Gasteiger partial charge in [0.2, 0.25) is 0 Å². The van der Waals surface area contributed by atoms with E-state index in [4.69, 9.17) is 15.9 Å². The van der Waals surface area contributed by atoms with Gasteiger partial charge in [-0.25, -0.2) is 0 Å². The van der Waals surface area contributed by atoms with Crippen LogP contribution in [0.25, 0.3) is 0 Å². The van der Waals surface area contributed by atoms with Crippen LogP contribution in [-0.2, 0) is 0 Å². The predicted molar refractivity (Wildman–Crippen MR) is 38.8 cm³/mol. The summed E-state index contributed by atoms with van der Waals surface area (Å²) >= 11 is 0. The molecule has 1 fully saturated rings. The van der Waals surface area contributed by atoms with Gasteiger partial charge >= 0.3 is 6.18 Å². The average molecular weight is 199 g/mol. The molecular formula is C7H12F3NO2. The van der Waals surface area contributed by atoms with E-state index in [1.165, 1.54) is 0 Å². The minimum absolute atomic E-state index is 0.0765. The molecule has 13 heavy (non-hydrogen) atoms. The Bertz CT molecular complexity index is 197. The molecule has 3 nitrogen and oxygen atoms in total. The lowest BCUT2D eigenvalue weighted by molar-refractivity contribution is -0.299. The van der Waals surface area contributed by atoms with Crippen molar-refractivity contribution < 1.29 is 23.4 Å². The van der Waals surface area contributed by atoms with E-state index < -0.39 is 30.3 Å². The first-order valence-corrected chi connectivity index (χ1v) is 4.00. The van der Waals surface area contributed by atoms with Crippen LogP contribution in [0.4, 0.5) is 13.2 Å². The van der Waals surface area contributed by atoms with Gasteiger partial charge in [0.25, 0.3) is 0 Å². The van der Waals surface area contributed by atoms with E-state index in [0.717, 1.165) is 0 Å². The minimum Gasteiger partial charge on any atom is -0.390 e. The van der Waals surface area contributed by atoms with E-state index in [2.05, 4.69) is 0 Å². The van der Waals surface area contributed by atoms with Gasteiger partial charge in [-0.3, -0.25) is 0 Å². The quantitative estimate of drug-likeness (QED) is 0.520. The number of hydrogen-bond donors (Lipinski definition) is 3. The highest BCUT2D eigenvalue weighted by molar-refractivity contribution is 4.99. The van der Waals surface area contributed by atoms with E-state index in [9.17, 15) is 13.2 Å². The Labute approximate surface area is 73.3 Å². The molecule has 0 spiro atoms. The van der Waals surface area contributed by atoms with Crippen molar-refractivity contribution in [2.75, 3.05) is 0 Å². The first-order chi connectivity index (χ1) is 5.77. The normalized spacial score (nSPS) is 42.0. The van der Waals surface area contributed by atoms with Crippen LogP contribution >= 0.6 is 0 Å². The second kappa shape index (κ2) is 3.11. The number of nitrogens with two attached hydrogens (primary N) is 1. The molecule has 0 amide bonds. The second-order valence-electron chi connectivity index (χ2n) is 3.47. The molecule has 0 bridgehead atoms. The summed E-state index contributed by atoms with van der Waals surface area (Å²) in [6, 6.07) is -0.461. The molecule has 1 rings (SSSR count). The maximum Gasteiger partial charge on any atom is 0.419 e. The summed E-state index contributed by atoms with van der Waals surface area (Å²) in [7, 11) is 0. The second-order valence-corrected chi connectivity index (χ2v) is 3.47. The lowest BCUT2D eigenvalue weighted by Gasteiger charge is -2.40. The Hall–Kier alpha value is -0.330. The molecule has 0 aliphatic heterocycles. The minimum atomic E-state index is -4.79. The van der Waals surface area contributed by atoms with Gasteiger partial charge in [0.1, 0.15) is 0 Å². The topological polar surface area (TPSA) is 66.5 Å². The molecule has 1 aliphatic rings. The lowest BCUT2D eigenvalue weighted by Crippen LogP contribution is -2.59. The van der Waals surface area contributed by atoms with Crippen LogP contribution in [0.15, 0.2) is 0 Å². The van der Waals surface area contributed by atoms with Crippen molar-refractivity contribution in [2.45, 2.75) is 43.2 Å². The smallest absolute Gasteiger partial charge is 0.390 e. The van der Waals surface area contributed by atoms with E-state index in [0.29, 0.717) is 0 Å². The Morgan fingerprint density at radius 3 is 2.31 bits per heavy atom. The molecule has 0 saturated heterocycles. The maximum absolute atomic E-state index is 12.3. The van der Waals surface area contributed by atoms with Crippen molar-refractivity contribution in [3.05, 3.63) is 0 Å². The molecule has 78 valence electrons. The van der Waals surface area contributed by atoms with Gasteiger partial charge in [-0.05, 0) is 19.3 Å². The van der Waals surface area contributed by atoms with Crippen LogP contribution in [0, 0.1) is 0 Å². The maximum atomic E-state index is 12.3. The average Bonchev–Trinajstić information content (AvgIpc) is 1.95. The van der Waals surface area contributed by atoms with E-state index in [1.54, 1.807) is 0 Å². The first-order valence-electron chi connectivity index (χ1n) is 4.00. The Kier molecular flexibility index (Phi) is 2.57. The van der Waals surface area contributed by atoms with E-state index in [1.807, 2.05) is 0 Å². The van der Waals surface area contributed by atoms with Crippen LogP contribution in [0.3, 0.4) is 0 Å². The van der Waals surface area contributed by atoms with Gasteiger partial charge in [0, 0.05) is 6.04 Å². The monoisotopic (exact) mass is 199 g/mol. The summed E-state index contributed by atoms with van der Waals surface area (Å²) < 4.78 is 36.8. The molecule has 0 heterocycles. The van der Waals surface area contributed by atoms with Crippen molar-refractivity contribution in [3.63, 3.8) is 0 Å². The molecule has 0 radical (unpaired) electrons. The molecule has 1 aliphatic carbocycles. The fourth-order valence-corrected chi connectivity index (χ4v) is 1.50. The number of rotatable bonds is 0. The van der Waals surface area contributed by atoms with Crippen molar-refractivity contribution in [1.82, 2.24) is 0 Å². The van der Waals surface area contributed by atoms with Gasteiger partial charge < -0.3 is 15.9 Å². The van der Waals surface area contributed by atoms with Crippen LogP contribution in [0.1, 0.15) is 19.3 Å². The summed E-state index contributed by atoms with van der Waals surface area (Å²) in [5.74, 6) is 0. The number of halogens is 3. The third kappa shape index (κ3) is 1.79. The van der Waals surface area contributed by atoms with Gasteiger partial charge in [-0.1, -0.05) is 0 Å². The summed E-state index contributed by atoms with van der Waals surface area (Å²) in [5, 5.41) is 18.2. The van der Waals surface area contributed by atoms with Crippen molar-refractivity contribution in [3.8, 4) is 0 Å². The van der Waals surface area contributed by atoms with Crippen LogP contribution in [0.2, 0.25) is 0 Å². The molecule has 3 unspecified atom stereocenters. The van der Waals surface area contributed by atoms with E-state index in [-0.39, 0.29) is 12.8 Å². The lowest BCUT2D eigenvalue weighted by atomic mass is 9.79. The number of hydrogen-bond acceptors (Lipinski definition) is 3. The molecule has 0 aromatic heterocycles. The highest BCUT2D eigenvalue weighted by Gasteiger charge is 2.59. The zero-order chi connectivity index (χ0) is 10.3. The predicted octanol–water partition coefficient (Wildman–Crippen LogP) is 0.152. The summed E-state index contributed by atoms with van der Waals surface area (Å²) in [6.07, 6.45) is -7.26. The largest absolute Gasteiger partial charge is 0.419 e.